The van der Waals surface area contributed by atoms with Crippen molar-refractivity contribution in [1.82, 2.24) is 5.01 Å². The zero-order valence-electron chi connectivity index (χ0n) is 18.4. The van der Waals surface area contributed by atoms with Gasteiger partial charge in [-0.25, -0.2) is 5.01 Å². The molecule has 3 aromatic rings. The number of rotatable bonds is 6. The average molecular weight is 491 g/mol. The molecule has 0 N–H and O–H groups in total. The summed E-state index contributed by atoms with van der Waals surface area (Å²) < 4.78 is 13.4. The lowest BCUT2D eigenvalue weighted by Gasteiger charge is -2.38. The average Bonchev–Trinajstić information content (AvgIpc) is 3.26. The molecule has 0 radical (unpaired) electrons. The Bertz CT molecular complexity index is 1130. The number of hydrazone groups is 1. The molecular formula is C27H27BrN2O2. The van der Waals surface area contributed by atoms with Crippen LogP contribution in [0.3, 0.4) is 0 Å². The predicted molar refractivity (Wildman–Crippen MR) is 131 cm³/mol. The number of nitrogens with zero attached hydrogens (tertiary/aromatic N) is 2. The van der Waals surface area contributed by atoms with Crippen LogP contribution < -0.4 is 9.47 Å². The maximum Gasteiger partial charge on any atom is 0.213 e. The third-order valence-electron chi connectivity index (χ3n) is 6.07. The maximum atomic E-state index is 6.49. The van der Waals surface area contributed by atoms with E-state index in [0.29, 0.717) is 0 Å². The molecule has 0 saturated heterocycles. The lowest BCUT2D eigenvalue weighted by atomic mass is 9.95. The van der Waals surface area contributed by atoms with E-state index in [1.807, 2.05) is 18.2 Å². The Hall–Kier alpha value is -2.79. The summed E-state index contributed by atoms with van der Waals surface area (Å²) in [6.45, 7) is 5.02. The molecule has 0 bridgehead atoms. The van der Waals surface area contributed by atoms with Gasteiger partial charge >= 0.3 is 0 Å². The molecule has 3 aromatic carbocycles. The van der Waals surface area contributed by atoms with Crippen LogP contribution in [0.2, 0.25) is 0 Å². The Labute approximate surface area is 198 Å². The minimum atomic E-state index is -0.277. The molecule has 2 atom stereocenters. The highest BCUT2D eigenvalue weighted by molar-refractivity contribution is 9.10. The van der Waals surface area contributed by atoms with Gasteiger partial charge in [-0.2, -0.15) is 5.10 Å². The molecule has 4 nitrogen and oxygen atoms in total. The Morgan fingerprint density at radius 3 is 2.59 bits per heavy atom. The van der Waals surface area contributed by atoms with Crippen molar-refractivity contribution in [2.75, 3.05) is 6.61 Å². The second-order valence-corrected chi connectivity index (χ2v) is 9.35. The standard InChI is InChI=1S/C27H27BrN2O2/c1-3-4-15-31-22-12-9-20(10-13-22)27-30-25(23-16-21(28)11-14-26(23)32-27)17-24(29-30)19-7-5-18(2)6-8-19/h5-14,16,25,27H,3-4,15,17H2,1-2H3/t25-,27+/m0/s1. The van der Waals surface area contributed by atoms with Gasteiger partial charge in [-0.1, -0.05) is 59.1 Å². The highest BCUT2D eigenvalue weighted by atomic mass is 79.9. The number of halogens is 1. The summed E-state index contributed by atoms with van der Waals surface area (Å²) in [5, 5.41) is 7.18. The Morgan fingerprint density at radius 1 is 1.06 bits per heavy atom. The topological polar surface area (TPSA) is 34.1 Å². The Balaban J connectivity index is 1.48. The first kappa shape index (κ1) is 21.1. The van der Waals surface area contributed by atoms with Crippen molar-refractivity contribution in [3.8, 4) is 11.5 Å². The van der Waals surface area contributed by atoms with E-state index in [1.165, 1.54) is 16.7 Å². The number of benzene rings is 3. The van der Waals surface area contributed by atoms with Crippen molar-refractivity contribution in [3.05, 3.63) is 93.5 Å². The van der Waals surface area contributed by atoms with E-state index in [4.69, 9.17) is 14.6 Å². The van der Waals surface area contributed by atoms with Crippen LogP contribution in [-0.2, 0) is 0 Å². The molecule has 164 valence electrons. The fourth-order valence-electron chi connectivity index (χ4n) is 4.26. The van der Waals surface area contributed by atoms with Gasteiger partial charge in [0.05, 0.1) is 18.4 Å². The van der Waals surface area contributed by atoms with Gasteiger partial charge in [-0.15, -0.1) is 0 Å². The summed E-state index contributed by atoms with van der Waals surface area (Å²) in [7, 11) is 0. The quantitative estimate of drug-likeness (QED) is 0.343. The Morgan fingerprint density at radius 2 is 1.84 bits per heavy atom. The molecule has 5 heteroatoms. The maximum absolute atomic E-state index is 6.49. The molecule has 2 heterocycles. The van der Waals surface area contributed by atoms with Crippen molar-refractivity contribution in [2.45, 2.75) is 45.4 Å². The van der Waals surface area contributed by atoms with Gasteiger partial charge in [0.25, 0.3) is 0 Å². The van der Waals surface area contributed by atoms with Crippen molar-refractivity contribution < 1.29 is 9.47 Å². The number of fused-ring (bicyclic) bond motifs is 3. The first-order valence-corrected chi connectivity index (χ1v) is 12.0. The zero-order chi connectivity index (χ0) is 22.1. The normalized spacial score (nSPS) is 19.1. The molecule has 5 rings (SSSR count). The van der Waals surface area contributed by atoms with Gasteiger partial charge in [-0.05, 0) is 61.4 Å². The molecule has 2 aliphatic heterocycles. The largest absolute Gasteiger partial charge is 0.494 e. The molecule has 0 aliphatic carbocycles. The molecule has 0 amide bonds. The highest BCUT2D eigenvalue weighted by Gasteiger charge is 2.41. The summed E-state index contributed by atoms with van der Waals surface area (Å²) in [5.74, 6) is 1.81. The van der Waals surface area contributed by atoms with Crippen LogP contribution in [0.4, 0.5) is 0 Å². The van der Waals surface area contributed by atoms with Crippen LogP contribution in [0.5, 0.6) is 11.5 Å². The van der Waals surface area contributed by atoms with Crippen molar-refractivity contribution in [1.29, 1.82) is 0 Å². The van der Waals surface area contributed by atoms with Gasteiger partial charge in [0.2, 0.25) is 6.23 Å². The molecule has 0 aromatic heterocycles. The number of aryl methyl sites for hydroxylation is 1. The van der Waals surface area contributed by atoms with E-state index in [9.17, 15) is 0 Å². The molecule has 0 fully saturated rings. The zero-order valence-corrected chi connectivity index (χ0v) is 20.0. The summed E-state index contributed by atoms with van der Waals surface area (Å²) in [6, 6.07) is 23.2. The van der Waals surface area contributed by atoms with Crippen molar-refractivity contribution in [2.24, 2.45) is 5.10 Å². The van der Waals surface area contributed by atoms with E-state index >= 15 is 0 Å². The molecule has 32 heavy (non-hydrogen) atoms. The minimum Gasteiger partial charge on any atom is -0.494 e. The molecule has 0 unspecified atom stereocenters. The lowest BCUT2D eigenvalue weighted by Crippen LogP contribution is -2.33. The lowest BCUT2D eigenvalue weighted by molar-refractivity contribution is -0.0191. The van der Waals surface area contributed by atoms with E-state index in [-0.39, 0.29) is 12.3 Å². The van der Waals surface area contributed by atoms with E-state index in [2.05, 4.69) is 83.3 Å². The van der Waals surface area contributed by atoms with Crippen LogP contribution >= 0.6 is 15.9 Å². The number of hydrogen-bond acceptors (Lipinski definition) is 4. The van der Waals surface area contributed by atoms with Gasteiger partial charge in [0.15, 0.2) is 0 Å². The van der Waals surface area contributed by atoms with Crippen LogP contribution in [0.15, 0.2) is 76.3 Å². The van der Waals surface area contributed by atoms with Gasteiger partial charge in [0, 0.05) is 22.0 Å². The first-order chi connectivity index (χ1) is 15.6. The summed E-state index contributed by atoms with van der Waals surface area (Å²) in [5.41, 5.74) is 5.75. The van der Waals surface area contributed by atoms with Crippen molar-refractivity contribution >= 4 is 21.6 Å². The smallest absolute Gasteiger partial charge is 0.213 e. The SMILES string of the molecule is CCCCOc1ccc([C@H]2Oc3ccc(Br)cc3[C@@H]3CC(c4ccc(C)cc4)=NN23)cc1. The summed E-state index contributed by atoms with van der Waals surface area (Å²) >= 11 is 3.62. The van der Waals surface area contributed by atoms with Crippen LogP contribution in [0.25, 0.3) is 0 Å². The highest BCUT2D eigenvalue weighted by Crippen LogP contribution is 2.48. The minimum absolute atomic E-state index is 0.137. The number of unbranched alkanes of at least 4 members (excludes halogenated alkanes) is 1. The van der Waals surface area contributed by atoms with E-state index in [1.54, 1.807) is 0 Å². The number of hydrogen-bond donors (Lipinski definition) is 0. The summed E-state index contributed by atoms with van der Waals surface area (Å²) in [6.07, 6.45) is 2.76. The van der Waals surface area contributed by atoms with E-state index in [0.717, 1.165) is 53.1 Å². The molecule has 0 spiro atoms. The van der Waals surface area contributed by atoms with Gasteiger partial charge in [-0.3, -0.25) is 0 Å². The first-order valence-electron chi connectivity index (χ1n) is 11.2. The van der Waals surface area contributed by atoms with Crippen LogP contribution in [-0.4, -0.2) is 17.3 Å². The van der Waals surface area contributed by atoms with Gasteiger partial charge in [0.1, 0.15) is 11.5 Å². The monoisotopic (exact) mass is 490 g/mol. The third-order valence-corrected chi connectivity index (χ3v) is 6.56. The van der Waals surface area contributed by atoms with Crippen LogP contribution in [0, 0.1) is 6.92 Å². The number of ether oxygens (including phenoxy) is 2. The Kier molecular flexibility index (Phi) is 5.92. The van der Waals surface area contributed by atoms with Gasteiger partial charge < -0.3 is 9.47 Å². The second kappa shape index (κ2) is 8.99. The molecule has 2 aliphatic rings. The third kappa shape index (κ3) is 4.14. The molecular weight excluding hydrogens is 464 g/mol. The second-order valence-electron chi connectivity index (χ2n) is 8.44. The van der Waals surface area contributed by atoms with Crippen LogP contribution in [0.1, 0.15) is 60.7 Å². The van der Waals surface area contributed by atoms with Crippen molar-refractivity contribution in [3.63, 3.8) is 0 Å². The fourth-order valence-corrected chi connectivity index (χ4v) is 4.64. The summed E-state index contributed by atoms with van der Waals surface area (Å²) in [4.78, 5) is 0. The fraction of sp³-hybridized carbons (Fsp3) is 0.296. The van der Waals surface area contributed by atoms with E-state index < -0.39 is 0 Å². The molecule has 0 saturated carbocycles. The predicted octanol–water partition coefficient (Wildman–Crippen LogP) is 7.18.